The Morgan fingerprint density at radius 1 is 0.969 bits per heavy atom. The number of amides is 2. The average Bonchev–Trinajstić information content (AvgIpc) is 3.20. The van der Waals surface area contributed by atoms with Gasteiger partial charge in [0.25, 0.3) is 0 Å². The molecule has 1 heterocycles. The van der Waals surface area contributed by atoms with E-state index in [1.54, 1.807) is 4.90 Å². The van der Waals surface area contributed by atoms with Crippen LogP contribution in [0.4, 0.5) is 23.7 Å². The number of benzene rings is 2. The molecule has 0 saturated carbocycles. The van der Waals surface area contributed by atoms with Gasteiger partial charge in [0.15, 0.2) is 0 Å². The Kier molecular flexibility index (Phi) is 7.98. The molecule has 170 valence electrons. The lowest BCUT2D eigenvalue weighted by Gasteiger charge is -2.24. The predicted octanol–water partition coefficient (Wildman–Crippen LogP) is 6.78. The molecule has 0 aliphatic carbocycles. The highest BCUT2D eigenvalue weighted by atomic mass is 19.4. The van der Waals surface area contributed by atoms with Crippen molar-refractivity contribution in [1.82, 2.24) is 9.47 Å². The topological polar surface area (TPSA) is 37.3 Å². The number of hydrogen-bond donors (Lipinski definition) is 1. The third-order valence-corrected chi connectivity index (χ3v) is 5.25. The van der Waals surface area contributed by atoms with Gasteiger partial charge in [0.05, 0.1) is 12.1 Å². The SMILES string of the molecule is CCCCCN(Cc1cccn1Cc1ccccc1)C(=O)Nc1ccc(C(F)(F)F)cc1. The molecule has 0 radical (unpaired) electrons. The Labute approximate surface area is 186 Å². The summed E-state index contributed by atoms with van der Waals surface area (Å²) in [5.74, 6) is 0. The highest BCUT2D eigenvalue weighted by molar-refractivity contribution is 5.89. The number of carbonyl (C=O) groups excluding carboxylic acids is 1. The van der Waals surface area contributed by atoms with Crippen molar-refractivity contribution >= 4 is 11.7 Å². The van der Waals surface area contributed by atoms with Crippen molar-refractivity contribution in [3.05, 3.63) is 89.7 Å². The first-order valence-corrected chi connectivity index (χ1v) is 10.8. The van der Waals surface area contributed by atoms with Gasteiger partial charge in [-0.25, -0.2) is 4.79 Å². The van der Waals surface area contributed by atoms with Crippen LogP contribution in [-0.4, -0.2) is 22.0 Å². The Morgan fingerprint density at radius 3 is 2.34 bits per heavy atom. The summed E-state index contributed by atoms with van der Waals surface area (Å²) < 4.78 is 40.5. The molecule has 0 bridgehead atoms. The van der Waals surface area contributed by atoms with Gasteiger partial charge in [-0.3, -0.25) is 0 Å². The number of aromatic nitrogens is 1. The van der Waals surface area contributed by atoms with Crippen LogP contribution < -0.4 is 5.32 Å². The second-order valence-electron chi connectivity index (χ2n) is 7.75. The normalized spacial score (nSPS) is 11.4. The van der Waals surface area contributed by atoms with Crippen LogP contribution in [0.15, 0.2) is 72.9 Å². The molecule has 2 amide bonds. The molecule has 1 N–H and O–H groups in total. The van der Waals surface area contributed by atoms with Gasteiger partial charge in [-0.1, -0.05) is 50.1 Å². The summed E-state index contributed by atoms with van der Waals surface area (Å²) in [6.07, 6.45) is 0.462. The number of rotatable bonds is 9. The number of hydrogen-bond acceptors (Lipinski definition) is 1. The second-order valence-corrected chi connectivity index (χ2v) is 7.75. The fraction of sp³-hybridized carbons (Fsp3) is 0.320. The minimum atomic E-state index is -4.40. The van der Waals surface area contributed by atoms with Crippen LogP contribution in [0.2, 0.25) is 0 Å². The fourth-order valence-corrected chi connectivity index (χ4v) is 3.47. The largest absolute Gasteiger partial charge is 0.416 e. The number of unbranched alkanes of at least 4 members (excludes halogenated alkanes) is 2. The van der Waals surface area contributed by atoms with Crippen LogP contribution in [0.1, 0.15) is 43.0 Å². The smallest absolute Gasteiger partial charge is 0.345 e. The third kappa shape index (κ3) is 6.64. The maximum absolute atomic E-state index is 13.0. The summed E-state index contributed by atoms with van der Waals surface area (Å²) in [4.78, 5) is 14.7. The number of urea groups is 1. The maximum atomic E-state index is 13.0. The maximum Gasteiger partial charge on any atom is 0.416 e. The van der Waals surface area contributed by atoms with Crippen LogP contribution in [0.5, 0.6) is 0 Å². The van der Waals surface area contributed by atoms with Crippen molar-refractivity contribution in [2.45, 2.75) is 45.5 Å². The van der Waals surface area contributed by atoms with Crippen LogP contribution in [0.3, 0.4) is 0 Å². The molecule has 4 nitrogen and oxygen atoms in total. The van der Waals surface area contributed by atoms with Crippen molar-refractivity contribution in [3.8, 4) is 0 Å². The zero-order valence-electron chi connectivity index (χ0n) is 18.1. The molecule has 3 aromatic rings. The Balaban J connectivity index is 1.71. The van der Waals surface area contributed by atoms with Crippen molar-refractivity contribution in [2.24, 2.45) is 0 Å². The summed E-state index contributed by atoms with van der Waals surface area (Å²) in [6, 6.07) is 18.2. The molecule has 7 heteroatoms. The van der Waals surface area contributed by atoms with Gasteiger partial charge in [0.2, 0.25) is 0 Å². The quantitative estimate of drug-likeness (QED) is 0.364. The van der Waals surface area contributed by atoms with Crippen LogP contribution >= 0.6 is 0 Å². The monoisotopic (exact) mass is 443 g/mol. The van der Waals surface area contributed by atoms with E-state index in [-0.39, 0.29) is 6.03 Å². The summed E-state index contributed by atoms with van der Waals surface area (Å²) in [7, 11) is 0. The summed E-state index contributed by atoms with van der Waals surface area (Å²) in [5.41, 5.74) is 1.75. The average molecular weight is 444 g/mol. The van der Waals surface area contributed by atoms with E-state index in [2.05, 4.69) is 28.9 Å². The zero-order valence-corrected chi connectivity index (χ0v) is 18.1. The van der Waals surface area contributed by atoms with Gasteiger partial charge in [0.1, 0.15) is 0 Å². The van der Waals surface area contributed by atoms with E-state index in [0.717, 1.165) is 42.7 Å². The van der Waals surface area contributed by atoms with Crippen molar-refractivity contribution in [3.63, 3.8) is 0 Å². The Bertz CT molecular complexity index is 982. The zero-order chi connectivity index (χ0) is 23.0. The van der Waals surface area contributed by atoms with Crippen molar-refractivity contribution in [2.75, 3.05) is 11.9 Å². The number of alkyl halides is 3. The van der Waals surface area contributed by atoms with Gasteiger partial charge >= 0.3 is 12.2 Å². The van der Waals surface area contributed by atoms with E-state index in [9.17, 15) is 18.0 Å². The molecular formula is C25H28F3N3O. The van der Waals surface area contributed by atoms with Crippen LogP contribution in [-0.2, 0) is 19.3 Å². The Morgan fingerprint density at radius 2 is 1.69 bits per heavy atom. The highest BCUT2D eigenvalue weighted by Gasteiger charge is 2.30. The predicted molar refractivity (Wildman–Crippen MR) is 120 cm³/mol. The number of halogens is 3. The molecule has 1 aromatic heterocycles. The third-order valence-electron chi connectivity index (χ3n) is 5.25. The summed E-state index contributed by atoms with van der Waals surface area (Å²) in [5, 5.41) is 2.74. The van der Waals surface area contributed by atoms with Gasteiger partial charge in [-0.15, -0.1) is 0 Å². The lowest BCUT2D eigenvalue weighted by Crippen LogP contribution is -2.36. The minimum absolute atomic E-state index is 0.326. The molecule has 0 atom stereocenters. The van der Waals surface area contributed by atoms with Gasteiger partial charge < -0.3 is 14.8 Å². The van der Waals surface area contributed by atoms with E-state index < -0.39 is 11.7 Å². The highest BCUT2D eigenvalue weighted by Crippen LogP contribution is 2.29. The van der Waals surface area contributed by atoms with E-state index in [0.29, 0.717) is 25.3 Å². The molecule has 0 aliphatic rings. The summed E-state index contributed by atoms with van der Waals surface area (Å²) in [6.45, 7) is 3.77. The molecule has 3 rings (SSSR count). The van der Waals surface area contributed by atoms with E-state index >= 15 is 0 Å². The Hall–Kier alpha value is -3.22. The minimum Gasteiger partial charge on any atom is -0.345 e. The fourth-order valence-electron chi connectivity index (χ4n) is 3.47. The summed E-state index contributed by atoms with van der Waals surface area (Å²) >= 11 is 0. The molecule has 0 fully saturated rings. The van der Waals surface area contributed by atoms with E-state index in [1.807, 2.05) is 36.5 Å². The van der Waals surface area contributed by atoms with E-state index in [1.165, 1.54) is 12.1 Å². The van der Waals surface area contributed by atoms with Gasteiger partial charge in [-0.05, 0) is 48.4 Å². The number of nitrogens with zero attached hydrogens (tertiary/aromatic N) is 2. The lowest BCUT2D eigenvalue weighted by atomic mass is 10.2. The first-order valence-electron chi connectivity index (χ1n) is 10.8. The lowest BCUT2D eigenvalue weighted by molar-refractivity contribution is -0.137. The molecule has 2 aromatic carbocycles. The van der Waals surface area contributed by atoms with Crippen molar-refractivity contribution < 1.29 is 18.0 Å². The standard InChI is InChI=1S/C25H28F3N3O/c1-2-3-7-16-31(24(32)29-22-14-12-21(13-15-22)25(26,27)28)19-23-11-8-17-30(23)18-20-9-5-4-6-10-20/h4-6,8-15,17H,2-3,7,16,18-19H2,1H3,(H,29,32). The van der Waals surface area contributed by atoms with Crippen molar-refractivity contribution in [1.29, 1.82) is 0 Å². The number of carbonyl (C=O) groups is 1. The second kappa shape index (κ2) is 10.9. The number of nitrogens with one attached hydrogen (secondary N) is 1. The molecule has 0 saturated heterocycles. The van der Waals surface area contributed by atoms with Gasteiger partial charge in [0, 0.05) is 30.7 Å². The molecule has 0 aliphatic heterocycles. The molecule has 0 spiro atoms. The first kappa shape index (κ1) is 23.4. The molecular weight excluding hydrogens is 415 g/mol. The van der Waals surface area contributed by atoms with Crippen LogP contribution in [0, 0.1) is 0 Å². The number of anilines is 1. The molecule has 32 heavy (non-hydrogen) atoms. The van der Waals surface area contributed by atoms with Gasteiger partial charge in [-0.2, -0.15) is 13.2 Å². The van der Waals surface area contributed by atoms with E-state index in [4.69, 9.17) is 0 Å². The molecule has 0 unspecified atom stereocenters. The first-order chi connectivity index (χ1) is 15.4. The van der Waals surface area contributed by atoms with Crippen LogP contribution in [0.25, 0.3) is 0 Å².